The van der Waals surface area contributed by atoms with Gasteiger partial charge in [0.25, 0.3) is 0 Å². The van der Waals surface area contributed by atoms with Crippen molar-refractivity contribution in [2.24, 2.45) is 5.92 Å². The minimum atomic E-state index is 0.285. The Bertz CT molecular complexity index is 293. The van der Waals surface area contributed by atoms with Gasteiger partial charge in [-0.3, -0.25) is 4.79 Å². The zero-order valence-electron chi connectivity index (χ0n) is 9.49. The zero-order chi connectivity index (χ0) is 11.1. The second kappa shape index (κ2) is 6.23. The fourth-order valence-electron chi connectivity index (χ4n) is 1.29. The molecule has 0 aliphatic rings. The van der Waals surface area contributed by atoms with Gasteiger partial charge in [-0.2, -0.15) is 0 Å². The number of para-hydroxylation sites is 1. The van der Waals surface area contributed by atoms with Crippen LogP contribution in [0.5, 0.6) is 0 Å². The van der Waals surface area contributed by atoms with E-state index in [4.69, 9.17) is 0 Å². The summed E-state index contributed by atoms with van der Waals surface area (Å²) in [6.45, 7) is 4.71. The number of carbonyl (C=O) groups excluding carboxylic acids is 1. The number of ketones is 1. The first kappa shape index (κ1) is 11.8. The second-order valence-electron chi connectivity index (χ2n) is 4.19. The highest BCUT2D eigenvalue weighted by Gasteiger charge is 2.03. The van der Waals surface area contributed by atoms with Gasteiger partial charge in [-0.25, -0.2) is 0 Å². The number of rotatable bonds is 6. The average Bonchev–Trinajstić information content (AvgIpc) is 2.25. The molecule has 82 valence electrons. The topological polar surface area (TPSA) is 29.1 Å². The van der Waals surface area contributed by atoms with Crippen LogP contribution in [0.2, 0.25) is 0 Å². The molecule has 1 N–H and O–H groups in total. The van der Waals surface area contributed by atoms with Crippen LogP contribution in [0.25, 0.3) is 0 Å². The van der Waals surface area contributed by atoms with Gasteiger partial charge in [-0.05, 0) is 24.5 Å². The van der Waals surface area contributed by atoms with Crippen LogP contribution in [0.15, 0.2) is 30.3 Å². The predicted octanol–water partition coefficient (Wildman–Crippen LogP) is 3.10. The Morgan fingerprint density at radius 1 is 1.27 bits per heavy atom. The molecule has 1 aromatic carbocycles. The van der Waals surface area contributed by atoms with Crippen LogP contribution in [0.4, 0.5) is 5.69 Å². The molecule has 0 heterocycles. The van der Waals surface area contributed by atoms with Crippen LogP contribution in [0.3, 0.4) is 0 Å². The molecule has 0 amide bonds. The molecule has 0 spiro atoms. The molecule has 2 nitrogen and oxygen atoms in total. The van der Waals surface area contributed by atoms with Crippen molar-refractivity contribution in [2.45, 2.75) is 26.7 Å². The van der Waals surface area contributed by atoms with Crippen molar-refractivity contribution in [1.82, 2.24) is 0 Å². The van der Waals surface area contributed by atoms with E-state index in [2.05, 4.69) is 19.2 Å². The predicted molar refractivity (Wildman–Crippen MR) is 64.0 cm³/mol. The summed E-state index contributed by atoms with van der Waals surface area (Å²) in [5, 5.41) is 3.12. The number of anilines is 1. The molecule has 1 aromatic rings. The van der Waals surface area contributed by atoms with Gasteiger partial charge in [-0.1, -0.05) is 32.0 Å². The highest BCUT2D eigenvalue weighted by Crippen LogP contribution is 2.06. The fourth-order valence-corrected chi connectivity index (χ4v) is 1.29. The number of nitrogens with one attached hydrogen (secondary N) is 1. The largest absolute Gasteiger partial charge is 0.378 e. The first-order valence-electron chi connectivity index (χ1n) is 5.49. The first-order valence-corrected chi connectivity index (χ1v) is 5.49. The van der Waals surface area contributed by atoms with Gasteiger partial charge in [0.15, 0.2) is 5.78 Å². The Morgan fingerprint density at radius 2 is 1.93 bits per heavy atom. The number of hydrogen-bond donors (Lipinski definition) is 1. The Kier molecular flexibility index (Phi) is 4.88. The summed E-state index contributed by atoms with van der Waals surface area (Å²) < 4.78 is 0. The molecule has 0 radical (unpaired) electrons. The van der Waals surface area contributed by atoms with Gasteiger partial charge in [0.05, 0.1) is 6.54 Å². The van der Waals surface area contributed by atoms with E-state index in [1.807, 2.05) is 30.3 Å². The van der Waals surface area contributed by atoms with E-state index in [1.54, 1.807) is 0 Å². The molecule has 1 rings (SSSR count). The van der Waals surface area contributed by atoms with Crippen LogP contribution in [0, 0.1) is 5.92 Å². The van der Waals surface area contributed by atoms with Gasteiger partial charge in [-0.15, -0.1) is 0 Å². The molecular formula is C13H19NO. The normalized spacial score (nSPS) is 10.3. The SMILES string of the molecule is CC(C)CCC(=O)CNc1ccccc1. The molecule has 0 aliphatic heterocycles. The molecule has 0 saturated heterocycles. The Hall–Kier alpha value is -1.31. The molecule has 0 atom stereocenters. The van der Waals surface area contributed by atoms with Crippen molar-refractivity contribution >= 4 is 11.5 Å². The number of Topliss-reactive ketones (excluding diaryl/α,β-unsaturated/α-hetero) is 1. The summed E-state index contributed by atoms with van der Waals surface area (Å²) >= 11 is 0. The fraction of sp³-hybridized carbons (Fsp3) is 0.462. The third-order valence-corrected chi connectivity index (χ3v) is 2.26. The summed E-state index contributed by atoms with van der Waals surface area (Å²) in [7, 11) is 0. The maximum absolute atomic E-state index is 11.5. The van der Waals surface area contributed by atoms with Crippen molar-refractivity contribution in [3.63, 3.8) is 0 Å². The van der Waals surface area contributed by atoms with Crippen LogP contribution in [-0.2, 0) is 4.79 Å². The minimum absolute atomic E-state index is 0.285. The molecule has 0 aromatic heterocycles. The first-order chi connectivity index (χ1) is 7.18. The van der Waals surface area contributed by atoms with Crippen LogP contribution in [-0.4, -0.2) is 12.3 Å². The van der Waals surface area contributed by atoms with Crippen molar-refractivity contribution in [1.29, 1.82) is 0 Å². The van der Waals surface area contributed by atoms with Crippen LogP contribution < -0.4 is 5.32 Å². The lowest BCUT2D eigenvalue weighted by Crippen LogP contribution is -2.14. The van der Waals surface area contributed by atoms with E-state index in [9.17, 15) is 4.79 Å². The zero-order valence-corrected chi connectivity index (χ0v) is 9.49. The van der Waals surface area contributed by atoms with Gasteiger partial charge in [0, 0.05) is 12.1 Å². The van der Waals surface area contributed by atoms with Gasteiger partial charge in [0.1, 0.15) is 0 Å². The van der Waals surface area contributed by atoms with Crippen molar-refractivity contribution in [3.05, 3.63) is 30.3 Å². The molecule has 2 heteroatoms. The number of carbonyl (C=O) groups is 1. The summed E-state index contributed by atoms with van der Waals surface area (Å²) in [4.78, 5) is 11.5. The lowest BCUT2D eigenvalue weighted by atomic mass is 10.1. The molecule has 0 saturated carbocycles. The van der Waals surface area contributed by atoms with Crippen LogP contribution >= 0.6 is 0 Å². The van der Waals surface area contributed by atoms with Crippen LogP contribution in [0.1, 0.15) is 26.7 Å². The molecule has 0 bridgehead atoms. The van der Waals surface area contributed by atoms with E-state index < -0.39 is 0 Å². The summed E-state index contributed by atoms with van der Waals surface area (Å²) in [5.41, 5.74) is 1.01. The standard InChI is InChI=1S/C13H19NO/c1-11(2)8-9-13(15)10-14-12-6-4-3-5-7-12/h3-7,11,14H,8-10H2,1-2H3. The maximum atomic E-state index is 11.5. The third kappa shape index (κ3) is 5.21. The van der Waals surface area contributed by atoms with Gasteiger partial charge < -0.3 is 5.32 Å². The second-order valence-corrected chi connectivity index (χ2v) is 4.19. The summed E-state index contributed by atoms with van der Waals surface area (Å²) in [6, 6.07) is 9.82. The molecular weight excluding hydrogens is 186 g/mol. The molecule has 0 fully saturated rings. The lowest BCUT2D eigenvalue weighted by Gasteiger charge is -2.06. The van der Waals surface area contributed by atoms with Crippen molar-refractivity contribution < 1.29 is 4.79 Å². The molecule has 0 unspecified atom stereocenters. The smallest absolute Gasteiger partial charge is 0.151 e. The molecule has 0 aliphatic carbocycles. The van der Waals surface area contributed by atoms with E-state index in [-0.39, 0.29) is 5.78 Å². The number of benzene rings is 1. The summed E-state index contributed by atoms with van der Waals surface area (Å²) in [5.74, 6) is 0.887. The van der Waals surface area contributed by atoms with Gasteiger partial charge >= 0.3 is 0 Å². The monoisotopic (exact) mass is 205 g/mol. The summed E-state index contributed by atoms with van der Waals surface area (Å²) in [6.07, 6.45) is 1.66. The van der Waals surface area contributed by atoms with Crippen molar-refractivity contribution in [3.8, 4) is 0 Å². The van der Waals surface area contributed by atoms with E-state index in [0.29, 0.717) is 18.9 Å². The number of hydrogen-bond acceptors (Lipinski definition) is 2. The highest BCUT2D eigenvalue weighted by molar-refractivity contribution is 5.82. The quantitative estimate of drug-likeness (QED) is 0.773. The lowest BCUT2D eigenvalue weighted by molar-refractivity contribution is -0.117. The van der Waals surface area contributed by atoms with E-state index >= 15 is 0 Å². The molecule has 15 heavy (non-hydrogen) atoms. The Balaban J connectivity index is 2.23. The average molecular weight is 205 g/mol. The Morgan fingerprint density at radius 3 is 2.53 bits per heavy atom. The van der Waals surface area contributed by atoms with E-state index in [1.165, 1.54) is 0 Å². The Labute approximate surface area is 91.7 Å². The third-order valence-electron chi connectivity index (χ3n) is 2.26. The van der Waals surface area contributed by atoms with Crippen molar-refractivity contribution in [2.75, 3.05) is 11.9 Å². The minimum Gasteiger partial charge on any atom is -0.378 e. The maximum Gasteiger partial charge on any atom is 0.151 e. The van der Waals surface area contributed by atoms with E-state index in [0.717, 1.165) is 12.1 Å². The van der Waals surface area contributed by atoms with Gasteiger partial charge in [0.2, 0.25) is 0 Å². The highest BCUT2D eigenvalue weighted by atomic mass is 16.1.